The molecule has 1 aromatic rings. The molecular weight excluding hydrogens is 409 g/mol. The van der Waals surface area contributed by atoms with Crippen molar-refractivity contribution in [2.24, 2.45) is 5.92 Å². The highest BCUT2D eigenvalue weighted by atomic mass is 19.1. The van der Waals surface area contributed by atoms with Crippen LogP contribution in [0.25, 0.3) is 0 Å². The number of aromatic amines is 1. The molecule has 174 valence electrons. The third-order valence-electron chi connectivity index (χ3n) is 4.64. The van der Waals surface area contributed by atoms with Gasteiger partial charge in [-0.05, 0) is 32.1 Å². The van der Waals surface area contributed by atoms with Crippen LogP contribution in [0.4, 0.5) is 9.18 Å². The standard InChI is InChI=1S/C20H32FN5O5/c1-3-8-14(9-4-2)17(28)24-12-16(27)22-10-6-5-7-11-23-19(30)26-13-15(21)18(29)25-20(26)31/h13-14H,3-12H2,1-2H3,(H,22,27)(H,23,30)(H,24,28)(H,25,29,31). The van der Waals surface area contributed by atoms with Crippen LogP contribution in [0.5, 0.6) is 0 Å². The molecule has 0 atom stereocenters. The number of nitrogens with zero attached hydrogens (tertiary/aromatic N) is 1. The molecule has 0 spiro atoms. The van der Waals surface area contributed by atoms with Gasteiger partial charge in [0.15, 0.2) is 0 Å². The molecule has 11 heteroatoms. The summed E-state index contributed by atoms with van der Waals surface area (Å²) in [6.07, 6.45) is 5.93. The van der Waals surface area contributed by atoms with Crippen LogP contribution in [0, 0.1) is 11.7 Å². The first kappa shape index (κ1) is 26.1. The van der Waals surface area contributed by atoms with Gasteiger partial charge in [-0.3, -0.25) is 19.4 Å². The van der Waals surface area contributed by atoms with Crippen LogP contribution < -0.4 is 27.2 Å². The molecule has 0 fully saturated rings. The van der Waals surface area contributed by atoms with Crippen LogP contribution in [-0.2, 0) is 9.59 Å². The lowest BCUT2D eigenvalue weighted by Crippen LogP contribution is -2.41. The average molecular weight is 442 g/mol. The highest BCUT2D eigenvalue weighted by Gasteiger charge is 2.17. The fourth-order valence-electron chi connectivity index (χ4n) is 3.01. The Morgan fingerprint density at radius 3 is 2.23 bits per heavy atom. The van der Waals surface area contributed by atoms with E-state index in [4.69, 9.17) is 0 Å². The van der Waals surface area contributed by atoms with E-state index < -0.39 is 23.1 Å². The summed E-state index contributed by atoms with van der Waals surface area (Å²) < 4.78 is 13.6. The SMILES string of the molecule is CCCC(CCC)C(=O)NCC(=O)NCCCCCNC(=O)n1cc(F)c(=O)[nH]c1=O. The number of hydrogen-bond donors (Lipinski definition) is 4. The van der Waals surface area contributed by atoms with Gasteiger partial charge in [0.1, 0.15) is 0 Å². The minimum Gasteiger partial charge on any atom is -0.355 e. The van der Waals surface area contributed by atoms with E-state index in [1.54, 1.807) is 4.98 Å². The predicted molar refractivity (Wildman–Crippen MR) is 113 cm³/mol. The van der Waals surface area contributed by atoms with Crippen molar-refractivity contribution in [3.63, 3.8) is 0 Å². The van der Waals surface area contributed by atoms with Crippen molar-refractivity contribution in [3.8, 4) is 0 Å². The molecule has 0 aliphatic rings. The van der Waals surface area contributed by atoms with Gasteiger partial charge in [0.2, 0.25) is 17.6 Å². The zero-order chi connectivity index (χ0) is 23.2. The molecule has 0 aromatic carbocycles. The second-order valence-corrected chi connectivity index (χ2v) is 7.24. The third-order valence-corrected chi connectivity index (χ3v) is 4.64. The molecular formula is C20H32FN5O5. The van der Waals surface area contributed by atoms with Gasteiger partial charge in [0, 0.05) is 19.0 Å². The Labute approximate surface area is 180 Å². The van der Waals surface area contributed by atoms with Crippen LogP contribution in [0.3, 0.4) is 0 Å². The third kappa shape index (κ3) is 9.58. The highest BCUT2D eigenvalue weighted by Crippen LogP contribution is 2.13. The van der Waals surface area contributed by atoms with E-state index >= 15 is 0 Å². The van der Waals surface area contributed by atoms with Crippen LogP contribution in [0.2, 0.25) is 0 Å². The Balaban J connectivity index is 2.18. The minimum absolute atomic E-state index is 0.0523. The molecule has 0 saturated heterocycles. The zero-order valence-corrected chi connectivity index (χ0v) is 18.1. The molecule has 0 aliphatic carbocycles. The van der Waals surface area contributed by atoms with Gasteiger partial charge in [0.25, 0.3) is 5.56 Å². The average Bonchev–Trinajstić information content (AvgIpc) is 2.73. The quantitative estimate of drug-likeness (QED) is 0.336. The molecule has 31 heavy (non-hydrogen) atoms. The molecule has 4 N–H and O–H groups in total. The highest BCUT2D eigenvalue weighted by molar-refractivity contribution is 5.85. The number of nitrogens with one attached hydrogen (secondary N) is 4. The van der Waals surface area contributed by atoms with Crippen molar-refractivity contribution in [2.45, 2.75) is 58.8 Å². The Hall–Kier alpha value is -2.98. The number of amides is 3. The lowest BCUT2D eigenvalue weighted by atomic mass is 9.97. The molecule has 0 radical (unpaired) electrons. The second-order valence-electron chi connectivity index (χ2n) is 7.24. The van der Waals surface area contributed by atoms with Gasteiger partial charge >= 0.3 is 11.7 Å². The number of carbonyl (C=O) groups excluding carboxylic acids is 3. The molecule has 0 bridgehead atoms. The number of unbranched alkanes of at least 4 members (excludes halogenated alkanes) is 2. The molecule has 1 rings (SSSR count). The summed E-state index contributed by atoms with van der Waals surface area (Å²) in [5.74, 6) is -1.63. The van der Waals surface area contributed by atoms with Crippen molar-refractivity contribution in [3.05, 3.63) is 32.9 Å². The molecule has 1 aromatic heterocycles. The summed E-state index contributed by atoms with van der Waals surface area (Å²) in [6, 6.07) is -0.839. The molecule has 0 aliphatic heterocycles. The van der Waals surface area contributed by atoms with E-state index in [1.807, 2.05) is 13.8 Å². The first-order chi connectivity index (χ1) is 14.8. The van der Waals surface area contributed by atoms with E-state index in [-0.39, 0.29) is 30.8 Å². The van der Waals surface area contributed by atoms with E-state index in [0.29, 0.717) is 36.6 Å². The Bertz CT molecular complexity index is 845. The number of carbonyl (C=O) groups is 3. The summed E-state index contributed by atoms with van der Waals surface area (Å²) in [5.41, 5.74) is -2.20. The summed E-state index contributed by atoms with van der Waals surface area (Å²) in [5, 5.41) is 7.85. The van der Waals surface area contributed by atoms with Crippen LogP contribution in [0.1, 0.15) is 58.8 Å². The largest absolute Gasteiger partial charge is 0.355 e. The van der Waals surface area contributed by atoms with Gasteiger partial charge in [0.05, 0.1) is 12.7 Å². The van der Waals surface area contributed by atoms with E-state index in [2.05, 4.69) is 16.0 Å². The number of aromatic nitrogens is 2. The second kappa shape index (κ2) is 14.1. The summed E-state index contributed by atoms with van der Waals surface area (Å²) in [4.78, 5) is 59.9. The summed E-state index contributed by atoms with van der Waals surface area (Å²) in [6.45, 7) is 4.67. The van der Waals surface area contributed by atoms with Crippen LogP contribution in [-0.4, -0.2) is 47.0 Å². The Morgan fingerprint density at radius 1 is 1.00 bits per heavy atom. The topological polar surface area (TPSA) is 142 Å². The maximum atomic E-state index is 13.2. The van der Waals surface area contributed by atoms with Crippen LogP contribution in [0.15, 0.2) is 15.8 Å². The first-order valence-electron chi connectivity index (χ1n) is 10.6. The fraction of sp³-hybridized carbons (Fsp3) is 0.650. The van der Waals surface area contributed by atoms with Gasteiger partial charge in [-0.2, -0.15) is 4.39 Å². The van der Waals surface area contributed by atoms with Crippen molar-refractivity contribution in [2.75, 3.05) is 19.6 Å². The fourth-order valence-corrected chi connectivity index (χ4v) is 3.01. The molecule has 3 amide bonds. The summed E-state index contributed by atoms with van der Waals surface area (Å²) >= 11 is 0. The minimum atomic E-state index is -1.23. The van der Waals surface area contributed by atoms with Crippen molar-refractivity contribution < 1.29 is 18.8 Å². The van der Waals surface area contributed by atoms with Crippen molar-refractivity contribution in [1.29, 1.82) is 0 Å². The lowest BCUT2D eigenvalue weighted by Gasteiger charge is -2.15. The Morgan fingerprint density at radius 2 is 1.61 bits per heavy atom. The zero-order valence-electron chi connectivity index (χ0n) is 18.1. The van der Waals surface area contributed by atoms with E-state index in [1.165, 1.54) is 0 Å². The monoisotopic (exact) mass is 441 g/mol. The normalized spacial score (nSPS) is 10.7. The van der Waals surface area contributed by atoms with Gasteiger partial charge in [-0.15, -0.1) is 0 Å². The lowest BCUT2D eigenvalue weighted by molar-refractivity contribution is -0.128. The molecule has 1 heterocycles. The number of halogens is 1. The molecule has 0 unspecified atom stereocenters. The van der Waals surface area contributed by atoms with E-state index in [0.717, 1.165) is 25.7 Å². The van der Waals surface area contributed by atoms with Gasteiger partial charge < -0.3 is 16.0 Å². The van der Waals surface area contributed by atoms with Gasteiger partial charge in [-0.25, -0.2) is 14.2 Å². The first-order valence-corrected chi connectivity index (χ1v) is 10.6. The number of rotatable bonds is 13. The van der Waals surface area contributed by atoms with E-state index in [9.17, 15) is 28.4 Å². The molecule has 10 nitrogen and oxygen atoms in total. The Kier molecular flexibility index (Phi) is 11.9. The van der Waals surface area contributed by atoms with Crippen molar-refractivity contribution in [1.82, 2.24) is 25.5 Å². The summed E-state index contributed by atoms with van der Waals surface area (Å²) in [7, 11) is 0. The predicted octanol–water partition coefficient (Wildman–Crippen LogP) is 0.853. The van der Waals surface area contributed by atoms with Crippen molar-refractivity contribution >= 4 is 17.8 Å². The van der Waals surface area contributed by atoms with Crippen LogP contribution >= 0.6 is 0 Å². The smallest absolute Gasteiger partial charge is 0.336 e. The number of hydrogen-bond acceptors (Lipinski definition) is 5. The molecule has 0 saturated carbocycles. The number of H-pyrrole nitrogens is 1. The maximum Gasteiger partial charge on any atom is 0.336 e. The van der Waals surface area contributed by atoms with Gasteiger partial charge in [-0.1, -0.05) is 26.7 Å². The maximum absolute atomic E-state index is 13.2.